The lowest BCUT2D eigenvalue weighted by Gasteiger charge is -2.48. The van der Waals surface area contributed by atoms with Crippen molar-refractivity contribution in [3.8, 4) is 0 Å². The molecule has 1 aliphatic carbocycles. The molecular formula is C25H27N3O. The Hall–Kier alpha value is -3.14. The van der Waals surface area contributed by atoms with Crippen molar-refractivity contribution in [2.75, 3.05) is 7.05 Å². The van der Waals surface area contributed by atoms with Crippen molar-refractivity contribution >= 4 is 17.4 Å². The lowest BCUT2D eigenvalue weighted by atomic mass is 9.56. The van der Waals surface area contributed by atoms with Crippen molar-refractivity contribution in [2.24, 2.45) is 22.1 Å². The Balaban J connectivity index is 1.94. The van der Waals surface area contributed by atoms with Gasteiger partial charge in [0.15, 0.2) is 11.5 Å². The van der Waals surface area contributed by atoms with Gasteiger partial charge in [-0.15, -0.1) is 0 Å². The second-order valence-electron chi connectivity index (χ2n) is 8.20. The average molecular weight is 386 g/mol. The number of hydrogen-bond acceptors (Lipinski definition) is 3. The molecule has 2 aromatic rings. The van der Waals surface area contributed by atoms with Crippen molar-refractivity contribution in [1.29, 1.82) is 0 Å². The van der Waals surface area contributed by atoms with Crippen LogP contribution >= 0.6 is 0 Å². The van der Waals surface area contributed by atoms with Crippen LogP contribution in [0.25, 0.3) is 5.57 Å². The van der Waals surface area contributed by atoms with Gasteiger partial charge >= 0.3 is 0 Å². The van der Waals surface area contributed by atoms with Crippen molar-refractivity contribution in [2.45, 2.75) is 25.8 Å². The van der Waals surface area contributed by atoms with Crippen LogP contribution in [0.1, 0.15) is 31.4 Å². The molecule has 2 aromatic carbocycles. The number of amides is 1. The molecule has 4 nitrogen and oxygen atoms in total. The molecule has 148 valence electrons. The molecule has 2 N–H and O–H groups in total. The van der Waals surface area contributed by atoms with E-state index in [0.29, 0.717) is 6.42 Å². The summed E-state index contributed by atoms with van der Waals surface area (Å²) in [5.74, 6) is 0.343. The minimum Gasteiger partial charge on any atom is -0.369 e. The molecule has 1 amide bonds. The Morgan fingerprint density at radius 1 is 1.03 bits per heavy atom. The van der Waals surface area contributed by atoms with Gasteiger partial charge in [0.1, 0.15) is 0 Å². The van der Waals surface area contributed by atoms with Crippen LogP contribution in [0.15, 0.2) is 83.9 Å². The number of rotatable bonds is 4. The lowest BCUT2D eigenvalue weighted by Crippen LogP contribution is -2.53. The minimum atomic E-state index is -1.09. The van der Waals surface area contributed by atoms with E-state index in [2.05, 4.69) is 44.2 Å². The average Bonchev–Trinajstić information content (AvgIpc) is 3.00. The zero-order valence-corrected chi connectivity index (χ0v) is 17.2. The number of nitrogens with zero attached hydrogens (tertiary/aromatic N) is 2. The molecule has 1 aliphatic heterocycles. The van der Waals surface area contributed by atoms with Gasteiger partial charge in [0.05, 0.1) is 0 Å². The third kappa shape index (κ3) is 2.74. The molecule has 0 radical (unpaired) electrons. The Morgan fingerprint density at radius 2 is 1.66 bits per heavy atom. The van der Waals surface area contributed by atoms with Gasteiger partial charge in [-0.05, 0) is 29.0 Å². The number of carbonyl (C=O) groups is 1. The summed E-state index contributed by atoms with van der Waals surface area (Å²) in [6.45, 7) is 4.33. The fraction of sp³-hybridized carbons (Fsp3) is 0.280. The lowest BCUT2D eigenvalue weighted by molar-refractivity contribution is -0.135. The highest BCUT2D eigenvalue weighted by Gasteiger charge is 2.62. The first-order chi connectivity index (χ1) is 13.9. The molecule has 29 heavy (non-hydrogen) atoms. The number of benzene rings is 2. The fourth-order valence-electron chi connectivity index (χ4n) is 4.76. The largest absolute Gasteiger partial charge is 0.369 e. The van der Waals surface area contributed by atoms with E-state index in [0.717, 1.165) is 5.56 Å². The van der Waals surface area contributed by atoms with E-state index < -0.39 is 11.0 Å². The number of likely N-dealkylation sites (N-methyl/N-ethyl adjacent to an activating group) is 1. The molecule has 4 heteroatoms. The quantitative estimate of drug-likeness (QED) is 0.850. The summed E-state index contributed by atoms with van der Waals surface area (Å²) in [5, 5.41) is 0. The minimum absolute atomic E-state index is 0.0751. The molecule has 0 fully saturated rings. The molecule has 2 aliphatic rings. The van der Waals surface area contributed by atoms with E-state index in [9.17, 15) is 4.79 Å². The molecule has 0 bridgehead atoms. The van der Waals surface area contributed by atoms with Crippen LogP contribution in [-0.2, 0) is 10.3 Å². The van der Waals surface area contributed by atoms with Gasteiger partial charge in [0.2, 0.25) is 0 Å². The first-order valence-corrected chi connectivity index (χ1v) is 10.1. The summed E-state index contributed by atoms with van der Waals surface area (Å²) < 4.78 is 0. The first kappa shape index (κ1) is 19.2. The molecule has 2 atom stereocenters. The molecule has 4 rings (SSSR count). The third-order valence-corrected chi connectivity index (χ3v) is 6.45. The summed E-state index contributed by atoms with van der Waals surface area (Å²) in [7, 11) is 1.71. The van der Waals surface area contributed by atoms with E-state index in [-0.39, 0.29) is 17.8 Å². The van der Waals surface area contributed by atoms with Crippen LogP contribution < -0.4 is 5.73 Å². The fourth-order valence-corrected chi connectivity index (χ4v) is 4.76. The van der Waals surface area contributed by atoms with Gasteiger partial charge in [-0.1, -0.05) is 92.7 Å². The predicted molar refractivity (Wildman–Crippen MR) is 118 cm³/mol. The highest BCUT2D eigenvalue weighted by Crippen LogP contribution is 2.57. The smallest absolute Gasteiger partial charge is 0.262 e. The van der Waals surface area contributed by atoms with Crippen molar-refractivity contribution in [1.82, 2.24) is 4.90 Å². The molecule has 1 heterocycles. The summed E-state index contributed by atoms with van der Waals surface area (Å²) in [4.78, 5) is 20.1. The van der Waals surface area contributed by atoms with E-state index in [1.54, 1.807) is 7.05 Å². The second-order valence-corrected chi connectivity index (χ2v) is 8.20. The second kappa shape index (κ2) is 7.03. The molecule has 0 saturated heterocycles. The van der Waals surface area contributed by atoms with E-state index in [1.807, 2.05) is 48.5 Å². The van der Waals surface area contributed by atoms with Crippen molar-refractivity contribution in [3.05, 3.63) is 90.0 Å². The van der Waals surface area contributed by atoms with Gasteiger partial charge in [0.25, 0.3) is 5.91 Å². The topological polar surface area (TPSA) is 58.7 Å². The SMILES string of the molecule is CC(C)C1(C2(c3ccccc3)N=C(N)N(C)C2=O)C=CC=C(c2ccccc2)C1. The Labute approximate surface area is 172 Å². The van der Waals surface area contributed by atoms with E-state index in [4.69, 9.17) is 10.7 Å². The standard InChI is InChI=1S/C25H27N3O/c1-18(2)24(16-10-13-20(17-24)19-11-6-4-7-12-19)25(21-14-8-5-9-15-21)22(29)28(3)23(26)27-25/h4-16,18H,17H2,1-3H3,(H2,26,27). The number of aliphatic imine (C=N–C) groups is 1. The van der Waals surface area contributed by atoms with Crippen LogP contribution in [0.3, 0.4) is 0 Å². The first-order valence-electron chi connectivity index (χ1n) is 10.1. The van der Waals surface area contributed by atoms with Gasteiger partial charge in [-0.25, -0.2) is 4.99 Å². The molecular weight excluding hydrogens is 358 g/mol. The van der Waals surface area contributed by atoms with Crippen LogP contribution in [0, 0.1) is 11.3 Å². The summed E-state index contributed by atoms with van der Waals surface area (Å²) in [5.41, 5.74) is 7.83. The van der Waals surface area contributed by atoms with Crippen LogP contribution in [0.2, 0.25) is 0 Å². The Kier molecular flexibility index (Phi) is 4.65. The number of guanidine groups is 1. The molecule has 2 unspecified atom stereocenters. The normalized spacial score (nSPS) is 26.6. The Bertz CT molecular complexity index is 1010. The summed E-state index contributed by atoms with van der Waals surface area (Å²) in [6, 6.07) is 20.2. The molecule has 0 aromatic heterocycles. The predicted octanol–water partition coefficient (Wildman–Crippen LogP) is 4.35. The maximum absolute atomic E-state index is 13.8. The number of nitrogens with two attached hydrogens (primary N) is 1. The molecule has 0 spiro atoms. The van der Waals surface area contributed by atoms with Crippen LogP contribution in [-0.4, -0.2) is 23.8 Å². The van der Waals surface area contributed by atoms with Gasteiger partial charge in [-0.3, -0.25) is 9.69 Å². The zero-order valence-electron chi connectivity index (χ0n) is 17.2. The van der Waals surface area contributed by atoms with E-state index in [1.165, 1.54) is 16.0 Å². The van der Waals surface area contributed by atoms with Gasteiger partial charge in [-0.2, -0.15) is 0 Å². The number of allylic oxidation sites excluding steroid dienone is 3. The molecule has 0 saturated carbocycles. The maximum Gasteiger partial charge on any atom is 0.262 e. The van der Waals surface area contributed by atoms with Crippen LogP contribution in [0.5, 0.6) is 0 Å². The number of carbonyl (C=O) groups excluding carboxylic acids is 1. The van der Waals surface area contributed by atoms with E-state index >= 15 is 0 Å². The Morgan fingerprint density at radius 3 is 2.21 bits per heavy atom. The summed E-state index contributed by atoms with van der Waals surface area (Å²) >= 11 is 0. The maximum atomic E-state index is 13.8. The van der Waals surface area contributed by atoms with Gasteiger partial charge in [0, 0.05) is 12.5 Å². The van der Waals surface area contributed by atoms with Crippen molar-refractivity contribution < 1.29 is 4.79 Å². The number of hydrogen-bond donors (Lipinski definition) is 1. The third-order valence-electron chi connectivity index (χ3n) is 6.45. The highest BCUT2D eigenvalue weighted by atomic mass is 16.2. The highest BCUT2D eigenvalue weighted by molar-refractivity contribution is 6.08. The van der Waals surface area contributed by atoms with Gasteiger partial charge < -0.3 is 5.73 Å². The monoisotopic (exact) mass is 385 g/mol. The van der Waals surface area contributed by atoms with Crippen molar-refractivity contribution in [3.63, 3.8) is 0 Å². The summed E-state index contributed by atoms with van der Waals surface area (Å²) in [6.07, 6.45) is 7.10. The van der Waals surface area contributed by atoms with Crippen LogP contribution in [0.4, 0.5) is 0 Å². The zero-order chi connectivity index (χ0) is 20.6.